The van der Waals surface area contributed by atoms with Gasteiger partial charge in [0.2, 0.25) is 6.41 Å². The molecular formula is C21H24ClN3O3. The van der Waals surface area contributed by atoms with Crippen LogP contribution in [0.1, 0.15) is 23.7 Å². The molecule has 0 unspecified atom stereocenters. The molecule has 1 saturated heterocycles. The minimum atomic E-state index is 0.0262. The molecule has 0 saturated carbocycles. The van der Waals surface area contributed by atoms with Gasteiger partial charge < -0.3 is 19.9 Å². The van der Waals surface area contributed by atoms with Crippen LogP contribution in [-0.2, 0) is 4.79 Å². The molecule has 3 rings (SSSR count). The van der Waals surface area contributed by atoms with Crippen LogP contribution in [0, 0.1) is 0 Å². The fourth-order valence-electron chi connectivity index (χ4n) is 3.17. The van der Waals surface area contributed by atoms with Crippen molar-refractivity contribution in [2.24, 2.45) is 0 Å². The Balaban J connectivity index is 1.59. The van der Waals surface area contributed by atoms with Gasteiger partial charge in [-0.05, 0) is 48.9 Å². The summed E-state index contributed by atoms with van der Waals surface area (Å²) in [6.45, 7) is 5.37. The number of hydrogen-bond donors (Lipinski definition) is 1. The second kappa shape index (κ2) is 9.46. The number of benzene rings is 2. The maximum Gasteiger partial charge on any atom is 0.253 e. The fourth-order valence-corrected chi connectivity index (χ4v) is 3.47. The number of piperazine rings is 1. The van der Waals surface area contributed by atoms with Gasteiger partial charge in [0.15, 0.2) is 0 Å². The van der Waals surface area contributed by atoms with Crippen LogP contribution in [0.4, 0.5) is 11.4 Å². The van der Waals surface area contributed by atoms with Crippen LogP contribution < -0.4 is 15.0 Å². The third-order valence-electron chi connectivity index (χ3n) is 4.65. The lowest BCUT2D eigenvalue weighted by atomic mass is 10.1. The van der Waals surface area contributed by atoms with Crippen LogP contribution in [0.15, 0.2) is 42.5 Å². The zero-order valence-corrected chi connectivity index (χ0v) is 16.6. The van der Waals surface area contributed by atoms with E-state index in [9.17, 15) is 9.59 Å². The molecule has 6 nitrogen and oxygen atoms in total. The number of carbonyl (C=O) groups excluding carboxylic acids is 2. The lowest BCUT2D eigenvalue weighted by Crippen LogP contribution is -2.48. The van der Waals surface area contributed by atoms with Gasteiger partial charge in [-0.1, -0.05) is 18.5 Å². The van der Waals surface area contributed by atoms with Crippen molar-refractivity contribution in [2.75, 3.05) is 43.0 Å². The molecule has 2 aromatic carbocycles. The highest BCUT2D eigenvalue weighted by Gasteiger charge is 2.23. The molecule has 1 heterocycles. The zero-order chi connectivity index (χ0) is 19.9. The third-order valence-corrected chi connectivity index (χ3v) is 4.96. The molecule has 1 fully saturated rings. The summed E-state index contributed by atoms with van der Waals surface area (Å²) in [5, 5.41) is 3.17. The van der Waals surface area contributed by atoms with Gasteiger partial charge in [-0.15, -0.1) is 0 Å². The maximum absolute atomic E-state index is 12.8. The Morgan fingerprint density at radius 1 is 1.14 bits per heavy atom. The van der Waals surface area contributed by atoms with Crippen molar-refractivity contribution >= 4 is 35.3 Å². The minimum Gasteiger partial charge on any atom is -0.494 e. The molecular weight excluding hydrogens is 378 g/mol. The number of ether oxygens (including phenoxy) is 1. The predicted molar refractivity (Wildman–Crippen MR) is 111 cm³/mol. The normalized spacial score (nSPS) is 13.9. The standard InChI is InChI=1S/C21H24ClN3O3/c1-2-13-28-18-6-3-16(4-7-18)21(27)25-11-9-24(10-12-25)20-8-5-17(23-15-26)14-19(20)22/h3-8,14-15H,2,9-13H2,1H3,(H,23,26). The Bertz CT molecular complexity index is 818. The quantitative estimate of drug-likeness (QED) is 0.719. The predicted octanol–water partition coefficient (Wildman–Crippen LogP) is 3.66. The van der Waals surface area contributed by atoms with E-state index in [2.05, 4.69) is 17.1 Å². The van der Waals surface area contributed by atoms with E-state index in [-0.39, 0.29) is 5.91 Å². The average molecular weight is 402 g/mol. The van der Waals surface area contributed by atoms with Crippen LogP contribution in [0.3, 0.4) is 0 Å². The Kier molecular flexibility index (Phi) is 6.76. The first-order valence-corrected chi connectivity index (χ1v) is 9.77. The van der Waals surface area contributed by atoms with E-state index in [1.807, 2.05) is 41.3 Å². The van der Waals surface area contributed by atoms with Gasteiger partial charge in [0, 0.05) is 37.4 Å². The molecule has 148 valence electrons. The second-order valence-electron chi connectivity index (χ2n) is 6.58. The summed E-state index contributed by atoms with van der Waals surface area (Å²) in [6.07, 6.45) is 1.57. The second-order valence-corrected chi connectivity index (χ2v) is 6.99. The highest BCUT2D eigenvalue weighted by molar-refractivity contribution is 6.33. The molecule has 2 amide bonds. The van der Waals surface area contributed by atoms with Crippen LogP contribution >= 0.6 is 11.6 Å². The van der Waals surface area contributed by atoms with E-state index < -0.39 is 0 Å². The number of carbonyl (C=O) groups is 2. The number of amides is 2. The highest BCUT2D eigenvalue weighted by atomic mass is 35.5. The molecule has 0 bridgehead atoms. The Labute approximate surface area is 170 Å². The number of hydrogen-bond acceptors (Lipinski definition) is 4. The number of rotatable bonds is 7. The van der Waals surface area contributed by atoms with E-state index in [1.54, 1.807) is 6.07 Å². The van der Waals surface area contributed by atoms with E-state index in [0.717, 1.165) is 17.9 Å². The summed E-state index contributed by atoms with van der Waals surface area (Å²) in [5.74, 6) is 0.809. The van der Waals surface area contributed by atoms with Crippen molar-refractivity contribution in [3.05, 3.63) is 53.1 Å². The van der Waals surface area contributed by atoms with Crippen LogP contribution in [0.5, 0.6) is 5.75 Å². The van der Waals surface area contributed by atoms with Gasteiger partial charge in [-0.3, -0.25) is 9.59 Å². The maximum atomic E-state index is 12.8. The van der Waals surface area contributed by atoms with E-state index in [4.69, 9.17) is 16.3 Å². The van der Waals surface area contributed by atoms with Crippen molar-refractivity contribution in [1.82, 2.24) is 4.90 Å². The lowest BCUT2D eigenvalue weighted by Gasteiger charge is -2.36. The molecule has 0 radical (unpaired) electrons. The molecule has 0 aliphatic carbocycles. The average Bonchev–Trinajstić information content (AvgIpc) is 2.73. The van der Waals surface area contributed by atoms with Gasteiger partial charge >= 0.3 is 0 Å². The molecule has 1 aliphatic heterocycles. The Morgan fingerprint density at radius 2 is 1.86 bits per heavy atom. The highest BCUT2D eigenvalue weighted by Crippen LogP contribution is 2.29. The Morgan fingerprint density at radius 3 is 2.46 bits per heavy atom. The summed E-state index contributed by atoms with van der Waals surface area (Å²) in [4.78, 5) is 27.3. The molecule has 0 aromatic heterocycles. The van der Waals surface area contributed by atoms with Crippen molar-refractivity contribution < 1.29 is 14.3 Å². The number of anilines is 2. The molecule has 7 heteroatoms. The smallest absolute Gasteiger partial charge is 0.253 e. The van der Waals surface area contributed by atoms with Crippen LogP contribution in [0.25, 0.3) is 0 Å². The van der Waals surface area contributed by atoms with Crippen molar-refractivity contribution in [3.8, 4) is 5.75 Å². The third kappa shape index (κ3) is 4.75. The first-order valence-electron chi connectivity index (χ1n) is 9.39. The first-order chi connectivity index (χ1) is 13.6. The van der Waals surface area contributed by atoms with E-state index in [0.29, 0.717) is 55.5 Å². The number of nitrogens with one attached hydrogen (secondary N) is 1. The summed E-state index contributed by atoms with van der Waals surface area (Å²) in [5.41, 5.74) is 2.23. The van der Waals surface area contributed by atoms with Gasteiger partial charge in [-0.25, -0.2) is 0 Å². The van der Waals surface area contributed by atoms with Gasteiger partial charge in [0.25, 0.3) is 5.91 Å². The SMILES string of the molecule is CCCOc1ccc(C(=O)N2CCN(c3ccc(NC=O)cc3Cl)CC2)cc1. The van der Waals surface area contributed by atoms with Crippen molar-refractivity contribution in [1.29, 1.82) is 0 Å². The van der Waals surface area contributed by atoms with E-state index >= 15 is 0 Å². The number of halogens is 1. The van der Waals surface area contributed by atoms with Crippen LogP contribution in [0.2, 0.25) is 5.02 Å². The summed E-state index contributed by atoms with van der Waals surface area (Å²) < 4.78 is 5.57. The minimum absolute atomic E-state index is 0.0262. The summed E-state index contributed by atoms with van der Waals surface area (Å²) in [6, 6.07) is 12.7. The monoisotopic (exact) mass is 401 g/mol. The zero-order valence-electron chi connectivity index (χ0n) is 15.9. The first kappa shape index (κ1) is 20.0. The summed E-state index contributed by atoms with van der Waals surface area (Å²) >= 11 is 6.35. The van der Waals surface area contributed by atoms with Crippen LogP contribution in [-0.4, -0.2) is 50.0 Å². The van der Waals surface area contributed by atoms with Gasteiger partial charge in [-0.2, -0.15) is 0 Å². The summed E-state index contributed by atoms with van der Waals surface area (Å²) in [7, 11) is 0. The van der Waals surface area contributed by atoms with Gasteiger partial charge in [0.05, 0.1) is 17.3 Å². The Hall–Kier alpha value is -2.73. The van der Waals surface area contributed by atoms with E-state index in [1.165, 1.54) is 0 Å². The van der Waals surface area contributed by atoms with Crippen molar-refractivity contribution in [3.63, 3.8) is 0 Å². The molecule has 2 aromatic rings. The lowest BCUT2D eigenvalue weighted by molar-refractivity contribution is -0.105. The fraction of sp³-hybridized carbons (Fsp3) is 0.333. The molecule has 0 atom stereocenters. The molecule has 0 spiro atoms. The van der Waals surface area contributed by atoms with Gasteiger partial charge in [0.1, 0.15) is 5.75 Å². The molecule has 28 heavy (non-hydrogen) atoms. The largest absolute Gasteiger partial charge is 0.494 e. The van der Waals surface area contributed by atoms with Crippen molar-refractivity contribution in [2.45, 2.75) is 13.3 Å². The molecule has 1 N–H and O–H groups in total. The molecule has 1 aliphatic rings. The topological polar surface area (TPSA) is 61.9 Å². The number of nitrogens with zero attached hydrogens (tertiary/aromatic N) is 2.